The number of para-hydroxylation sites is 1. The molecule has 3 aromatic rings. The second kappa shape index (κ2) is 8.62. The molecule has 0 atom stereocenters. The van der Waals surface area contributed by atoms with Gasteiger partial charge in [-0.2, -0.15) is 0 Å². The fraction of sp³-hybridized carbons (Fsp3) is 0.0909. The largest absolute Gasteiger partial charge is 0.488 e. The molecule has 0 aromatic heterocycles. The predicted octanol–water partition coefficient (Wildman–Crippen LogP) is 4.31. The van der Waals surface area contributed by atoms with Gasteiger partial charge in [-0.25, -0.2) is 4.79 Å². The highest BCUT2D eigenvalue weighted by molar-refractivity contribution is 5.99. The minimum atomic E-state index is -0.585. The molecule has 0 N–H and O–H groups in total. The standard InChI is InChI=1S/C22H18O4/c23-20(18-11-5-2-6-12-18)16-26-22(24)19-13-7-8-14-21(19)25-15-17-9-3-1-4-10-17/h1-14H,15-16H2. The summed E-state index contributed by atoms with van der Waals surface area (Å²) in [7, 11) is 0. The molecule has 0 saturated heterocycles. The van der Waals surface area contributed by atoms with Crippen molar-refractivity contribution in [3.63, 3.8) is 0 Å². The topological polar surface area (TPSA) is 52.6 Å². The van der Waals surface area contributed by atoms with E-state index < -0.39 is 5.97 Å². The highest BCUT2D eigenvalue weighted by atomic mass is 16.5. The summed E-state index contributed by atoms with van der Waals surface area (Å²) >= 11 is 0. The summed E-state index contributed by atoms with van der Waals surface area (Å²) in [6.07, 6.45) is 0. The van der Waals surface area contributed by atoms with Crippen LogP contribution in [0.4, 0.5) is 0 Å². The summed E-state index contributed by atoms with van der Waals surface area (Å²) in [5.41, 5.74) is 1.80. The lowest BCUT2D eigenvalue weighted by atomic mass is 10.1. The van der Waals surface area contributed by atoms with Crippen LogP contribution in [0.3, 0.4) is 0 Å². The molecule has 0 spiro atoms. The van der Waals surface area contributed by atoms with E-state index in [0.29, 0.717) is 23.5 Å². The van der Waals surface area contributed by atoms with E-state index >= 15 is 0 Å². The lowest BCUT2D eigenvalue weighted by Crippen LogP contribution is -2.15. The number of hydrogen-bond acceptors (Lipinski definition) is 4. The van der Waals surface area contributed by atoms with Gasteiger partial charge in [0, 0.05) is 5.56 Å². The van der Waals surface area contributed by atoms with E-state index in [-0.39, 0.29) is 12.4 Å². The molecule has 0 radical (unpaired) electrons. The summed E-state index contributed by atoms with van der Waals surface area (Å²) in [5.74, 6) is -0.409. The Balaban J connectivity index is 1.63. The van der Waals surface area contributed by atoms with Gasteiger partial charge in [0.05, 0.1) is 0 Å². The first-order valence-electron chi connectivity index (χ1n) is 8.25. The SMILES string of the molecule is O=C(COC(=O)c1ccccc1OCc1ccccc1)c1ccccc1. The Labute approximate surface area is 152 Å². The molecule has 4 nitrogen and oxygen atoms in total. The quantitative estimate of drug-likeness (QED) is 0.473. The van der Waals surface area contributed by atoms with E-state index in [1.807, 2.05) is 36.4 Å². The molecule has 4 heteroatoms. The molecule has 3 rings (SSSR count). The van der Waals surface area contributed by atoms with Crippen molar-refractivity contribution in [1.82, 2.24) is 0 Å². The number of ether oxygens (including phenoxy) is 2. The van der Waals surface area contributed by atoms with Crippen LogP contribution in [0.5, 0.6) is 5.75 Å². The van der Waals surface area contributed by atoms with Gasteiger partial charge in [-0.15, -0.1) is 0 Å². The van der Waals surface area contributed by atoms with Crippen LogP contribution in [-0.4, -0.2) is 18.4 Å². The fourth-order valence-corrected chi connectivity index (χ4v) is 2.41. The molecule has 0 fully saturated rings. The van der Waals surface area contributed by atoms with Crippen LogP contribution < -0.4 is 4.74 Å². The lowest BCUT2D eigenvalue weighted by Gasteiger charge is -2.11. The van der Waals surface area contributed by atoms with Gasteiger partial charge in [-0.05, 0) is 17.7 Å². The molecule has 3 aromatic carbocycles. The molecular formula is C22H18O4. The summed E-state index contributed by atoms with van der Waals surface area (Å²) < 4.78 is 10.9. The van der Waals surface area contributed by atoms with Crippen LogP contribution in [0.25, 0.3) is 0 Å². The minimum absolute atomic E-state index is 0.248. The Kier molecular flexibility index (Phi) is 5.78. The van der Waals surface area contributed by atoms with Crippen molar-refractivity contribution >= 4 is 11.8 Å². The smallest absolute Gasteiger partial charge is 0.342 e. The van der Waals surface area contributed by atoms with Gasteiger partial charge < -0.3 is 9.47 Å². The van der Waals surface area contributed by atoms with Gasteiger partial charge in [0.1, 0.15) is 17.9 Å². The number of ketones is 1. The second-order valence-corrected chi connectivity index (χ2v) is 5.64. The summed E-state index contributed by atoms with van der Waals surface area (Å²) in [5, 5.41) is 0. The molecule has 0 bridgehead atoms. The molecule has 26 heavy (non-hydrogen) atoms. The third-order valence-electron chi connectivity index (χ3n) is 3.77. The molecule has 0 saturated carbocycles. The first-order chi connectivity index (χ1) is 12.7. The van der Waals surface area contributed by atoms with Crippen LogP contribution in [0.1, 0.15) is 26.3 Å². The van der Waals surface area contributed by atoms with Crippen LogP contribution in [-0.2, 0) is 11.3 Å². The van der Waals surface area contributed by atoms with Crippen LogP contribution in [0.15, 0.2) is 84.9 Å². The van der Waals surface area contributed by atoms with Gasteiger partial charge in [0.25, 0.3) is 0 Å². The molecule has 0 heterocycles. The number of Topliss-reactive ketones (excluding diaryl/α,β-unsaturated/α-hetero) is 1. The molecule has 0 aliphatic rings. The zero-order valence-corrected chi connectivity index (χ0v) is 14.1. The molecular weight excluding hydrogens is 328 g/mol. The monoisotopic (exact) mass is 346 g/mol. The van der Waals surface area contributed by atoms with Gasteiger partial charge in [0.2, 0.25) is 0 Å². The Morgan fingerprint density at radius 1 is 0.731 bits per heavy atom. The number of carbonyl (C=O) groups excluding carboxylic acids is 2. The first-order valence-corrected chi connectivity index (χ1v) is 8.25. The zero-order valence-electron chi connectivity index (χ0n) is 14.1. The highest BCUT2D eigenvalue weighted by Crippen LogP contribution is 2.20. The summed E-state index contributed by atoms with van der Waals surface area (Å²) in [6.45, 7) is 0.0317. The van der Waals surface area contributed by atoms with Crippen LogP contribution in [0.2, 0.25) is 0 Å². The van der Waals surface area contributed by atoms with Crippen molar-refractivity contribution in [2.45, 2.75) is 6.61 Å². The first kappa shape index (κ1) is 17.4. The number of esters is 1. The van der Waals surface area contributed by atoms with Crippen molar-refractivity contribution in [1.29, 1.82) is 0 Å². The van der Waals surface area contributed by atoms with Gasteiger partial charge in [0.15, 0.2) is 12.4 Å². The van der Waals surface area contributed by atoms with Crippen LogP contribution in [0, 0.1) is 0 Å². The average molecular weight is 346 g/mol. The second-order valence-electron chi connectivity index (χ2n) is 5.64. The van der Waals surface area contributed by atoms with E-state index in [1.165, 1.54) is 0 Å². The summed E-state index contributed by atoms with van der Waals surface area (Å²) in [4.78, 5) is 24.4. The van der Waals surface area contributed by atoms with E-state index in [4.69, 9.17) is 9.47 Å². The van der Waals surface area contributed by atoms with Gasteiger partial charge in [-0.1, -0.05) is 72.8 Å². The van der Waals surface area contributed by atoms with Gasteiger partial charge in [-0.3, -0.25) is 4.79 Å². The molecule has 130 valence electrons. The highest BCUT2D eigenvalue weighted by Gasteiger charge is 2.16. The van der Waals surface area contributed by atoms with Crippen LogP contribution >= 0.6 is 0 Å². The Bertz CT molecular complexity index is 873. The Morgan fingerprint density at radius 2 is 1.35 bits per heavy atom. The van der Waals surface area contributed by atoms with E-state index in [0.717, 1.165) is 5.56 Å². The third kappa shape index (κ3) is 4.57. The average Bonchev–Trinajstić information content (AvgIpc) is 2.72. The maximum atomic E-state index is 12.4. The molecule has 0 aliphatic carbocycles. The Hall–Kier alpha value is -3.40. The predicted molar refractivity (Wildman–Crippen MR) is 98.3 cm³/mol. The van der Waals surface area contributed by atoms with Gasteiger partial charge >= 0.3 is 5.97 Å². The van der Waals surface area contributed by atoms with Crippen molar-refractivity contribution in [2.75, 3.05) is 6.61 Å². The van der Waals surface area contributed by atoms with E-state index in [2.05, 4.69) is 0 Å². The molecule has 0 aliphatic heterocycles. The maximum absolute atomic E-state index is 12.4. The number of carbonyl (C=O) groups is 2. The van der Waals surface area contributed by atoms with Crippen molar-refractivity contribution < 1.29 is 19.1 Å². The Morgan fingerprint density at radius 3 is 2.08 bits per heavy atom. The number of hydrogen-bond donors (Lipinski definition) is 0. The molecule has 0 unspecified atom stereocenters. The van der Waals surface area contributed by atoms with E-state index in [9.17, 15) is 9.59 Å². The fourth-order valence-electron chi connectivity index (χ4n) is 2.41. The van der Waals surface area contributed by atoms with Crippen molar-refractivity contribution in [3.05, 3.63) is 102 Å². The normalized spacial score (nSPS) is 10.2. The van der Waals surface area contributed by atoms with Crippen molar-refractivity contribution in [3.8, 4) is 5.75 Å². The number of rotatable bonds is 7. The minimum Gasteiger partial charge on any atom is -0.488 e. The maximum Gasteiger partial charge on any atom is 0.342 e. The molecule has 0 amide bonds. The number of benzene rings is 3. The van der Waals surface area contributed by atoms with E-state index in [1.54, 1.807) is 48.5 Å². The van der Waals surface area contributed by atoms with Crippen molar-refractivity contribution in [2.24, 2.45) is 0 Å². The summed E-state index contributed by atoms with van der Waals surface area (Å²) in [6, 6.07) is 25.2. The third-order valence-corrected chi connectivity index (χ3v) is 3.77. The zero-order chi connectivity index (χ0) is 18.2. The lowest BCUT2D eigenvalue weighted by molar-refractivity contribution is 0.0470.